The fourth-order valence-electron chi connectivity index (χ4n) is 1.57. The predicted octanol–water partition coefficient (Wildman–Crippen LogP) is 1.50. The normalized spacial score (nSPS) is 10.2. The molecular weight excluding hydrogens is 238 g/mol. The molecule has 5 nitrogen and oxygen atoms in total. The van der Waals surface area contributed by atoms with Gasteiger partial charge in [0.1, 0.15) is 10.8 Å². The van der Waals surface area contributed by atoms with E-state index >= 15 is 0 Å². The van der Waals surface area contributed by atoms with Crippen molar-refractivity contribution in [2.45, 2.75) is 0 Å². The van der Waals surface area contributed by atoms with Crippen LogP contribution in [-0.2, 0) is 0 Å². The van der Waals surface area contributed by atoms with Crippen LogP contribution in [0.15, 0.2) is 23.7 Å². The Hall–Kier alpha value is -2.08. The maximum atomic E-state index is 11.3. The first-order chi connectivity index (χ1) is 8.15. The molecule has 0 aliphatic carbocycles. The van der Waals surface area contributed by atoms with Crippen molar-refractivity contribution >= 4 is 22.9 Å². The van der Waals surface area contributed by atoms with E-state index in [1.165, 1.54) is 18.4 Å². The number of carbonyl (C=O) groups is 1. The Kier molecular flexibility index (Phi) is 2.97. The van der Waals surface area contributed by atoms with Crippen LogP contribution < -0.4 is 16.2 Å². The minimum atomic E-state index is -0.556. The molecule has 0 bridgehead atoms. The molecule has 2 rings (SSSR count). The van der Waals surface area contributed by atoms with E-state index in [1.807, 2.05) is 5.38 Å². The smallest absolute Gasteiger partial charge is 0.252 e. The summed E-state index contributed by atoms with van der Waals surface area (Å²) in [5, 5.41) is 2.52. The average Bonchev–Trinajstić information content (AvgIpc) is 2.81. The fraction of sp³-hybridized carbons (Fsp3) is 0.0909. The van der Waals surface area contributed by atoms with E-state index in [0.29, 0.717) is 27.6 Å². The molecule has 0 aliphatic heterocycles. The number of benzene rings is 1. The molecule has 0 radical (unpaired) electrons. The lowest BCUT2D eigenvalue weighted by Gasteiger charge is -2.12. The lowest BCUT2D eigenvalue weighted by atomic mass is 10.1. The molecule has 4 N–H and O–H groups in total. The summed E-state index contributed by atoms with van der Waals surface area (Å²) in [4.78, 5) is 15.5. The van der Waals surface area contributed by atoms with Crippen molar-refractivity contribution in [1.29, 1.82) is 0 Å². The van der Waals surface area contributed by atoms with E-state index in [0.717, 1.165) is 0 Å². The Balaban J connectivity index is 2.72. The molecule has 0 saturated carbocycles. The molecular formula is C11H11N3O2S. The van der Waals surface area contributed by atoms with Crippen molar-refractivity contribution in [3.8, 4) is 16.3 Å². The van der Waals surface area contributed by atoms with Crippen LogP contribution in [-0.4, -0.2) is 18.0 Å². The van der Waals surface area contributed by atoms with Crippen molar-refractivity contribution in [3.63, 3.8) is 0 Å². The average molecular weight is 249 g/mol. The fourth-order valence-corrected chi connectivity index (χ4v) is 2.27. The molecule has 17 heavy (non-hydrogen) atoms. The molecule has 0 fully saturated rings. The Bertz CT molecular complexity index is 552. The molecule has 0 aliphatic rings. The lowest BCUT2D eigenvalue weighted by Crippen LogP contribution is -2.13. The predicted molar refractivity (Wildman–Crippen MR) is 67.0 cm³/mol. The van der Waals surface area contributed by atoms with Crippen LogP contribution in [0.3, 0.4) is 0 Å². The number of amides is 1. The highest BCUT2D eigenvalue weighted by Gasteiger charge is 2.19. The number of hydrogen-bond acceptors (Lipinski definition) is 5. The number of ether oxygens (including phenoxy) is 1. The molecule has 1 heterocycles. The van der Waals surface area contributed by atoms with Crippen molar-refractivity contribution in [3.05, 3.63) is 29.3 Å². The highest BCUT2D eigenvalue weighted by Crippen LogP contribution is 2.38. The minimum absolute atomic E-state index is 0.298. The van der Waals surface area contributed by atoms with Crippen molar-refractivity contribution < 1.29 is 9.53 Å². The number of aromatic nitrogens is 1. The van der Waals surface area contributed by atoms with Gasteiger partial charge in [-0.25, -0.2) is 4.98 Å². The number of primary amides is 1. The number of hydrogen-bond donors (Lipinski definition) is 2. The van der Waals surface area contributed by atoms with Crippen LogP contribution in [0, 0.1) is 0 Å². The molecule has 2 aromatic rings. The second-order valence-corrected chi connectivity index (χ2v) is 4.21. The highest BCUT2D eigenvalue weighted by molar-refractivity contribution is 7.13. The van der Waals surface area contributed by atoms with Crippen LogP contribution in [0.4, 0.5) is 5.69 Å². The van der Waals surface area contributed by atoms with Gasteiger partial charge in [0.15, 0.2) is 0 Å². The molecule has 6 heteroatoms. The zero-order valence-electron chi connectivity index (χ0n) is 9.14. The second-order valence-electron chi connectivity index (χ2n) is 3.31. The number of methoxy groups -OCH3 is 1. The Morgan fingerprint density at radius 3 is 2.76 bits per heavy atom. The first-order valence-electron chi connectivity index (χ1n) is 4.81. The third kappa shape index (κ3) is 1.94. The van der Waals surface area contributed by atoms with E-state index in [9.17, 15) is 4.79 Å². The number of rotatable bonds is 3. The Morgan fingerprint density at radius 1 is 1.47 bits per heavy atom. The van der Waals surface area contributed by atoms with E-state index in [2.05, 4.69) is 4.98 Å². The minimum Gasteiger partial charge on any atom is -0.495 e. The summed E-state index contributed by atoms with van der Waals surface area (Å²) in [7, 11) is 1.47. The first kappa shape index (κ1) is 11.4. The molecule has 1 amide bonds. The second kappa shape index (κ2) is 4.42. The van der Waals surface area contributed by atoms with Gasteiger partial charge in [-0.2, -0.15) is 0 Å². The maximum absolute atomic E-state index is 11.3. The van der Waals surface area contributed by atoms with E-state index in [1.54, 1.807) is 18.3 Å². The number of nitrogens with zero attached hydrogens (tertiary/aromatic N) is 1. The van der Waals surface area contributed by atoms with Crippen molar-refractivity contribution in [2.75, 3.05) is 12.8 Å². The van der Waals surface area contributed by atoms with Gasteiger partial charge in [0.2, 0.25) is 0 Å². The standard InChI is InChI=1S/C11H11N3O2S/c1-16-9-6(10(13)15)2-3-7(12)8(9)11-14-4-5-17-11/h2-5H,12H2,1H3,(H2,13,15). The third-order valence-corrected chi connectivity index (χ3v) is 3.10. The summed E-state index contributed by atoms with van der Waals surface area (Å²) in [6.45, 7) is 0. The SMILES string of the molecule is COc1c(C(N)=O)ccc(N)c1-c1nccs1. The summed E-state index contributed by atoms with van der Waals surface area (Å²) in [6, 6.07) is 3.17. The van der Waals surface area contributed by atoms with E-state index in [-0.39, 0.29) is 0 Å². The Labute approximate surface area is 102 Å². The monoisotopic (exact) mass is 249 g/mol. The van der Waals surface area contributed by atoms with E-state index < -0.39 is 5.91 Å². The zero-order chi connectivity index (χ0) is 12.4. The van der Waals surface area contributed by atoms with Gasteiger partial charge in [0.05, 0.1) is 18.2 Å². The Morgan fingerprint density at radius 2 is 2.24 bits per heavy atom. The lowest BCUT2D eigenvalue weighted by molar-refractivity contribution is 0.0997. The van der Waals surface area contributed by atoms with Crippen molar-refractivity contribution in [2.24, 2.45) is 5.73 Å². The molecule has 0 unspecified atom stereocenters. The number of anilines is 1. The molecule has 88 valence electrons. The molecule has 0 spiro atoms. The van der Waals surface area contributed by atoms with Crippen LogP contribution >= 0.6 is 11.3 Å². The van der Waals surface area contributed by atoms with Crippen LogP contribution in [0.1, 0.15) is 10.4 Å². The van der Waals surface area contributed by atoms with Gasteiger partial charge in [-0.1, -0.05) is 0 Å². The maximum Gasteiger partial charge on any atom is 0.252 e. The van der Waals surface area contributed by atoms with Crippen LogP contribution in [0.2, 0.25) is 0 Å². The number of thiazole rings is 1. The summed E-state index contributed by atoms with van der Waals surface area (Å²) in [5.41, 5.74) is 12.6. The van der Waals surface area contributed by atoms with Gasteiger partial charge < -0.3 is 16.2 Å². The van der Waals surface area contributed by atoms with Gasteiger partial charge in [-0.15, -0.1) is 11.3 Å². The van der Waals surface area contributed by atoms with Gasteiger partial charge in [0.25, 0.3) is 5.91 Å². The van der Waals surface area contributed by atoms with Gasteiger partial charge in [0, 0.05) is 17.3 Å². The number of nitrogen functional groups attached to an aromatic ring is 1. The summed E-state index contributed by atoms with van der Waals surface area (Å²) >= 11 is 1.42. The highest BCUT2D eigenvalue weighted by atomic mass is 32.1. The molecule has 0 atom stereocenters. The quantitative estimate of drug-likeness (QED) is 0.806. The largest absolute Gasteiger partial charge is 0.495 e. The topological polar surface area (TPSA) is 91.2 Å². The van der Waals surface area contributed by atoms with Gasteiger partial charge in [-0.05, 0) is 12.1 Å². The molecule has 1 aromatic heterocycles. The summed E-state index contributed by atoms with van der Waals surface area (Å²) in [6.07, 6.45) is 1.66. The third-order valence-electron chi connectivity index (χ3n) is 2.31. The zero-order valence-corrected chi connectivity index (χ0v) is 9.95. The van der Waals surface area contributed by atoms with Crippen molar-refractivity contribution in [1.82, 2.24) is 4.98 Å². The summed E-state index contributed by atoms with van der Waals surface area (Å²) < 4.78 is 5.23. The van der Waals surface area contributed by atoms with Crippen LogP contribution in [0.25, 0.3) is 10.6 Å². The number of nitrogens with two attached hydrogens (primary N) is 2. The van der Waals surface area contributed by atoms with Gasteiger partial charge >= 0.3 is 0 Å². The first-order valence-corrected chi connectivity index (χ1v) is 5.69. The summed E-state index contributed by atoms with van der Waals surface area (Å²) in [5.74, 6) is -0.188. The van der Waals surface area contributed by atoms with Crippen LogP contribution in [0.5, 0.6) is 5.75 Å². The van der Waals surface area contributed by atoms with Gasteiger partial charge in [-0.3, -0.25) is 4.79 Å². The molecule has 1 aromatic carbocycles. The van der Waals surface area contributed by atoms with E-state index in [4.69, 9.17) is 16.2 Å². The molecule has 0 saturated heterocycles. The number of carbonyl (C=O) groups excluding carboxylic acids is 1.